The van der Waals surface area contributed by atoms with Crippen LogP contribution in [0.25, 0.3) is 0 Å². The number of benzene rings is 1. The maximum atomic E-state index is 13.0. The van der Waals surface area contributed by atoms with Gasteiger partial charge in [-0.15, -0.1) is 0 Å². The number of ketones is 1. The zero-order valence-electron chi connectivity index (χ0n) is 10.1. The lowest BCUT2D eigenvalue weighted by Crippen LogP contribution is -2.31. The maximum absolute atomic E-state index is 13.0. The van der Waals surface area contributed by atoms with Gasteiger partial charge >= 0.3 is 5.97 Å². The van der Waals surface area contributed by atoms with Gasteiger partial charge in [-0.3, -0.25) is 9.59 Å². The molecule has 1 aromatic carbocycles. The number of carboxylic acid groups (broad SMARTS) is 1. The fourth-order valence-electron chi connectivity index (χ4n) is 1.62. The molecule has 1 rings (SSSR count). The quantitative estimate of drug-likeness (QED) is 0.802. The van der Waals surface area contributed by atoms with Crippen molar-refractivity contribution in [3.8, 4) is 0 Å². The van der Waals surface area contributed by atoms with Crippen molar-refractivity contribution >= 4 is 11.8 Å². The lowest BCUT2D eigenvalue weighted by molar-refractivity contribution is -0.143. The number of carbonyl (C=O) groups is 2. The third-order valence-corrected chi connectivity index (χ3v) is 2.68. The Morgan fingerprint density at radius 2 is 2.11 bits per heavy atom. The van der Waals surface area contributed by atoms with Crippen molar-refractivity contribution in [2.45, 2.75) is 25.8 Å². The number of Topliss-reactive ketones (excluding diaryl/α,β-unsaturated/α-hetero) is 1. The van der Waals surface area contributed by atoms with Gasteiger partial charge in [0.15, 0.2) is 0 Å². The van der Waals surface area contributed by atoms with Crippen LogP contribution in [0.4, 0.5) is 4.39 Å². The molecule has 0 saturated carbocycles. The fraction of sp³-hybridized carbons (Fsp3) is 0.385. The molecule has 5 heteroatoms. The lowest BCUT2D eigenvalue weighted by Gasteiger charge is -2.13. The van der Waals surface area contributed by atoms with E-state index in [-0.39, 0.29) is 18.6 Å². The molecule has 0 radical (unpaired) electrons. The Bertz CT molecular complexity index is 446. The average molecular weight is 253 g/mol. The largest absolute Gasteiger partial charge is 0.481 e. The van der Waals surface area contributed by atoms with E-state index in [0.717, 1.165) is 0 Å². The summed E-state index contributed by atoms with van der Waals surface area (Å²) in [6.07, 6.45) is -0.0188. The van der Waals surface area contributed by atoms with Crippen molar-refractivity contribution in [3.63, 3.8) is 0 Å². The summed E-state index contributed by atoms with van der Waals surface area (Å²) in [4.78, 5) is 22.5. The summed E-state index contributed by atoms with van der Waals surface area (Å²) >= 11 is 0. The molecule has 0 aliphatic rings. The first kappa shape index (κ1) is 14.3. The number of carbonyl (C=O) groups excluding carboxylic acids is 1. The van der Waals surface area contributed by atoms with E-state index in [1.165, 1.54) is 25.1 Å². The van der Waals surface area contributed by atoms with Gasteiger partial charge in [-0.25, -0.2) is 4.39 Å². The van der Waals surface area contributed by atoms with Crippen molar-refractivity contribution in [2.75, 3.05) is 0 Å². The molecule has 0 aliphatic carbocycles. The minimum absolute atomic E-state index is 0.117. The Kier molecular flexibility index (Phi) is 4.97. The van der Waals surface area contributed by atoms with Crippen molar-refractivity contribution in [3.05, 3.63) is 35.6 Å². The lowest BCUT2D eigenvalue weighted by atomic mass is 9.93. The van der Waals surface area contributed by atoms with Crippen LogP contribution >= 0.6 is 0 Å². The van der Waals surface area contributed by atoms with Crippen molar-refractivity contribution in [1.29, 1.82) is 0 Å². The van der Waals surface area contributed by atoms with Crippen molar-refractivity contribution in [2.24, 2.45) is 11.7 Å². The molecular weight excluding hydrogens is 237 g/mol. The molecule has 4 nitrogen and oxygen atoms in total. The number of rotatable bonds is 6. The second-order valence-electron chi connectivity index (χ2n) is 4.33. The molecule has 0 spiro atoms. The molecule has 18 heavy (non-hydrogen) atoms. The second-order valence-corrected chi connectivity index (χ2v) is 4.33. The highest BCUT2D eigenvalue weighted by Crippen LogP contribution is 2.15. The first-order valence-electron chi connectivity index (χ1n) is 5.65. The van der Waals surface area contributed by atoms with E-state index in [1.54, 1.807) is 6.07 Å². The van der Waals surface area contributed by atoms with E-state index in [4.69, 9.17) is 10.8 Å². The molecule has 0 saturated heterocycles. The summed E-state index contributed by atoms with van der Waals surface area (Å²) < 4.78 is 13.0. The van der Waals surface area contributed by atoms with E-state index >= 15 is 0 Å². The summed E-state index contributed by atoms with van der Waals surface area (Å²) in [5.74, 6) is -2.67. The summed E-state index contributed by atoms with van der Waals surface area (Å²) in [6.45, 7) is 1.52. The summed E-state index contributed by atoms with van der Waals surface area (Å²) in [5, 5.41) is 9.05. The molecule has 0 aromatic heterocycles. The summed E-state index contributed by atoms with van der Waals surface area (Å²) in [7, 11) is 0. The second kappa shape index (κ2) is 6.26. The normalized spacial score (nSPS) is 13.9. The number of aliphatic carboxylic acids is 1. The predicted octanol–water partition coefficient (Wildman–Crippen LogP) is 1.38. The summed E-state index contributed by atoms with van der Waals surface area (Å²) in [6, 6.07) is 5.02. The number of halogens is 1. The number of hydrogen-bond acceptors (Lipinski definition) is 3. The summed E-state index contributed by atoms with van der Waals surface area (Å²) in [5.41, 5.74) is 5.95. The highest BCUT2D eigenvalue weighted by Gasteiger charge is 2.23. The van der Waals surface area contributed by atoms with Gasteiger partial charge in [-0.1, -0.05) is 12.1 Å². The van der Waals surface area contributed by atoms with Gasteiger partial charge in [0.25, 0.3) is 0 Å². The van der Waals surface area contributed by atoms with Crippen LogP contribution in [0.5, 0.6) is 0 Å². The molecule has 2 atom stereocenters. The Labute approximate surface area is 105 Å². The molecule has 0 unspecified atom stereocenters. The first-order chi connectivity index (χ1) is 8.40. The molecular formula is C13H16FNO3. The first-order valence-corrected chi connectivity index (χ1v) is 5.65. The van der Waals surface area contributed by atoms with E-state index in [2.05, 4.69) is 0 Å². The van der Waals surface area contributed by atoms with Gasteiger partial charge in [0.2, 0.25) is 0 Å². The SMILES string of the molecule is C[C@H](N)C(=O)C[C@H](Cc1cccc(F)c1)C(=O)O. The van der Waals surface area contributed by atoms with Crippen LogP contribution < -0.4 is 5.73 Å². The van der Waals surface area contributed by atoms with Crippen LogP contribution in [-0.4, -0.2) is 22.9 Å². The van der Waals surface area contributed by atoms with Gasteiger partial charge in [0.05, 0.1) is 12.0 Å². The molecule has 0 bridgehead atoms. The van der Waals surface area contributed by atoms with Crippen molar-refractivity contribution < 1.29 is 19.1 Å². The predicted molar refractivity (Wildman–Crippen MR) is 64.5 cm³/mol. The van der Waals surface area contributed by atoms with Gasteiger partial charge in [0, 0.05) is 6.42 Å². The van der Waals surface area contributed by atoms with Gasteiger partial charge < -0.3 is 10.8 Å². The van der Waals surface area contributed by atoms with E-state index in [0.29, 0.717) is 5.56 Å². The van der Waals surface area contributed by atoms with Crippen molar-refractivity contribution in [1.82, 2.24) is 0 Å². The highest BCUT2D eigenvalue weighted by atomic mass is 19.1. The molecule has 0 amide bonds. The Balaban J connectivity index is 2.75. The molecule has 0 heterocycles. The molecule has 0 aliphatic heterocycles. The van der Waals surface area contributed by atoms with Crippen LogP contribution in [0.15, 0.2) is 24.3 Å². The van der Waals surface area contributed by atoms with Crippen LogP contribution in [0.3, 0.4) is 0 Å². The minimum atomic E-state index is -1.08. The van der Waals surface area contributed by atoms with E-state index in [1.807, 2.05) is 0 Å². The monoisotopic (exact) mass is 253 g/mol. The third kappa shape index (κ3) is 4.25. The zero-order chi connectivity index (χ0) is 13.7. The smallest absolute Gasteiger partial charge is 0.307 e. The molecule has 1 aromatic rings. The number of carboxylic acids is 1. The van der Waals surface area contributed by atoms with Gasteiger partial charge in [-0.2, -0.15) is 0 Å². The van der Waals surface area contributed by atoms with Crippen LogP contribution in [0.2, 0.25) is 0 Å². The topological polar surface area (TPSA) is 80.4 Å². The Hall–Kier alpha value is -1.75. The zero-order valence-corrected chi connectivity index (χ0v) is 10.1. The maximum Gasteiger partial charge on any atom is 0.307 e. The highest BCUT2D eigenvalue weighted by molar-refractivity contribution is 5.87. The third-order valence-electron chi connectivity index (χ3n) is 2.68. The Morgan fingerprint density at radius 3 is 2.61 bits per heavy atom. The van der Waals surface area contributed by atoms with Crippen LogP contribution in [0, 0.1) is 11.7 Å². The Morgan fingerprint density at radius 1 is 1.44 bits per heavy atom. The standard InChI is InChI=1S/C13H16FNO3/c1-8(15)12(16)7-10(13(17)18)5-9-3-2-4-11(14)6-9/h2-4,6,8,10H,5,7,15H2,1H3,(H,17,18)/t8-,10-/m0/s1. The van der Waals surface area contributed by atoms with E-state index in [9.17, 15) is 14.0 Å². The molecule has 3 N–H and O–H groups in total. The van der Waals surface area contributed by atoms with E-state index < -0.39 is 23.7 Å². The van der Waals surface area contributed by atoms with Crippen LogP contribution in [-0.2, 0) is 16.0 Å². The fourth-order valence-corrected chi connectivity index (χ4v) is 1.62. The number of nitrogens with two attached hydrogens (primary N) is 1. The molecule has 0 fully saturated rings. The van der Waals surface area contributed by atoms with Gasteiger partial charge in [0.1, 0.15) is 11.6 Å². The van der Waals surface area contributed by atoms with Gasteiger partial charge in [-0.05, 0) is 31.0 Å². The number of hydrogen-bond donors (Lipinski definition) is 2. The minimum Gasteiger partial charge on any atom is -0.481 e. The average Bonchev–Trinajstić information content (AvgIpc) is 2.27. The van der Waals surface area contributed by atoms with Crippen LogP contribution in [0.1, 0.15) is 18.9 Å². The molecule has 98 valence electrons.